The van der Waals surface area contributed by atoms with Gasteiger partial charge in [-0.05, 0) is 43.5 Å². The molecule has 1 aliphatic heterocycles. The molecule has 1 saturated heterocycles. The van der Waals surface area contributed by atoms with Crippen LogP contribution in [0.3, 0.4) is 0 Å². The van der Waals surface area contributed by atoms with Crippen LogP contribution < -0.4 is 10.6 Å². The van der Waals surface area contributed by atoms with Crippen LogP contribution in [0.2, 0.25) is 0 Å². The summed E-state index contributed by atoms with van der Waals surface area (Å²) in [6.45, 7) is 4.21. The molecule has 1 fully saturated rings. The summed E-state index contributed by atoms with van der Waals surface area (Å²) < 4.78 is 26.9. The number of amides is 2. The van der Waals surface area contributed by atoms with Crippen molar-refractivity contribution >= 4 is 27.5 Å². The van der Waals surface area contributed by atoms with Crippen molar-refractivity contribution < 1.29 is 18.0 Å². The van der Waals surface area contributed by atoms with E-state index in [1.54, 1.807) is 12.1 Å². The highest BCUT2D eigenvalue weighted by atomic mass is 32.2. The number of sulfonamides is 1. The zero-order chi connectivity index (χ0) is 19.2. The van der Waals surface area contributed by atoms with Gasteiger partial charge in [0.25, 0.3) is 0 Å². The molecule has 2 rings (SSSR count). The van der Waals surface area contributed by atoms with Crippen LogP contribution in [0.5, 0.6) is 0 Å². The Morgan fingerprint density at radius 1 is 1.15 bits per heavy atom. The fourth-order valence-electron chi connectivity index (χ4n) is 2.94. The summed E-state index contributed by atoms with van der Waals surface area (Å²) in [5.74, 6) is -0.162. The number of nitrogens with one attached hydrogen (secondary N) is 2. The fourth-order valence-corrected chi connectivity index (χ4v) is 4.41. The number of rotatable bonds is 7. The lowest BCUT2D eigenvalue weighted by molar-refractivity contribution is -0.122. The number of unbranched alkanes of at least 4 members (excludes halogenated alkanes) is 1. The molecule has 0 saturated carbocycles. The van der Waals surface area contributed by atoms with E-state index in [4.69, 9.17) is 0 Å². The Morgan fingerprint density at radius 2 is 1.77 bits per heavy atom. The quantitative estimate of drug-likeness (QED) is 0.756. The predicted octanol–water partition coefficient (Wildman–Crippen LogP) is 2.10. The lowest BCUT2D eigenvalue weighted by atomic mass is 10.1. The lowest BCUT2D eigenvalue weighted by Gasteiger charge is -2.31. The molecular formula is C18H27N3O4S. The van der Waals surface area contributed by atoms with Gasteiger partial charge in [-0.25, -0.2) is 8.42 Å². The van der Waals surface area contributed by atoms with Crippen LogP contribution in [-0.4, -0.2) is 43.7 Å². The van der Waals surface area contributed by atoms with Gasteiger partial charge in [0.05, 0.1) is 4.90 Å². The molecule has 0 unspecified atom stereocenters. The third-order valence-corrected chi connectivity index (χ3v) is 6.30. The molecule has 2 N–H and O–H groups in total. The SMILES string of the molecule is CCCCC(=O)NC1CCN(S(=O)(=O)c2ccc(NC(C)=O)cc2)CC1. The fraction of sp³-hybridized carbons (Fsp3) is 0.556. The maximum atomic E-state index is 12.7. The number of anilines is 1. The average Bonchev–Trinajstić information content (AvgIpc) is 2.60. The van der Waals surface area contributed by atoms with Gasteiger partial charge in [-0.3, -0.25) is 9.59 Å². The van der Waals surface area contributed by atoms with Crippen molar-refractivity contribution in [2.75, 3.05) is 18.4 Å². The largest absolute Gasteiger partial charge is 0.353 e. The van der Waals surface area contributed by atoms with Crippen molar-refractivity contribution in [2.24, 2.45) is 0 Å². The smallest absolute Gasteiger partial charge is 0.243 e. The van der Waals surface area contributed by atoms with Gasteiger partial charge in [0, 0.05) is 38.2 Å². The van der Waals surface area contributed by atoms with Crippen LogP contribution in [0.15, 0.2) is 29.2 Å². The zero-order valence-corrected chi connectivity index (χ0v) is 16.1. The maximum absolute atomic E-state index is 12.7. The molecule has 0 bridgehead atoms. The number of carbonyl (C=O) groups is 2. The summed E-state index contributed by atoms with van der Waals surface area (Å²) in [5.41, 5.74) is 0.560. The van der Waals surface area contributed by atoms with Gasteiger partial charge in [0.2, 0.25) is 21.8 Å². The Bertz CT molecular complexity index is 723. The van der Waals surface area contributed by atoms with E-state index in [2.05, 4.69) is 10.6 Å². The molecule has 1 aromatic carbocycles. The van der Waals surface area contributed by atoms with Crippen LogP contribution in [0.4, 0.5) is 5.69 Å². The molecule has 1 aromatic rings. The minimum atomic E-state index is -3.57. The van der Waals surface area contributed by atoms with E-state index in [9.17, 15) is 18.0 Å². The van der Waals surface area contributed by atoms with Crippen LogP contribution >= 0.6 is 0 Å². The number of nitrogens with zero attached hydrogens (tertiary/aromatic N) is 1. The Balaban J connectivity index is 1.93. The second-order valence-corrected chi connectivity index (χ2v) is 8.49. The summed E-state index contributed by atoms with van der Waals surface area (Å²) in [6, 6.07) is 6.19. The van der Waals surface area contributed by atoms with Crippen LogP contribution in [0.25, 0.3) is 0 Å². The van der Waals surface area contributed by atoms with Crippen LogP contribution in [0.1, 0.15) is 46.0 Å². The van der Waals surface area contributed by atoms with E-state index in [0.717, 1.165) is 12.8 Å². The molecule has 0 atom stereocenters. The normalized spacial score (nSPS) is 16.2. The van der Waals surface area contributed by atoms with E-state index < -0.39 is 10.0 Å². The molecule has 1 aliphatic rings. The number of benzene rings is 1. The highest BCUT2D eigenvalue weighted by Crippen LogP contribution is 2.22. The number of piperidine rings is 1. The Hall–Kier alpha value is -1.93. The highest BCUT2D eigenvalue weighted by molar-refractivity contribution is 7.89. The van der Waals surface area contributed by atoms with Crippen molar-refractivity contribution in [3.05, 3.63) is 24.3 Å². The van der Waals surface area contributed by atoms with Gasteiger partial charge in [-0.15, -0.1) is 0 Å². The third kappa shape index (κ3) is 5.54. The van der Waals surface area contributed by atoms with E-state index in [0.29, 0.717) is 38.0 Å². The minimum Gasteiger partial charge on any atom is -0.353 e. The minimum absolute atomic E-state index is 0.0351. The van der Waals surface area contributed by atoms with Crippen molar-refractivity contribution in [1.82, 2.24) is 9.62 Å². The van der Waals surface area contributed by atoms with E-state index >= 15 is 0 Å². The number of carbonyl (C=O) groups excluding carboxylic acids is 2. The monoisotopic (exact) mass is 381 g/mol. The third-order valence-electron chi connectivity index (χ3n) is 4.39. The molecule has 7 nitrogen and oxygen atoms in total. The Morgan fingerprint density at radius 3 is 2.31 bits per heavy atom. The maximum Gasteiger partial charge on any atom is 0.243 e. The molecule has 26 heavy (non-hydrogen) atoms. The summed E-state index contributed by atoms with van der Waals surface area (Å²) >= 11 is 0. The standard InChI is InChI=1S/C18H27N3O4S/c1-3-4-5-18(23)20-16-10-12-21(13-11-16)26(24,25)17-8-6-15(7-9-17)19-14(2)22/h6-9,16H,3-5,10-13H2,1-2H3,(H,19,22)(H,20,23). The first kappa shape index (κ1) is 20.4. The van der Waals surface area contributed by atoms with Crippen molar-refractivity contribution in [2.45, 2.75) is 56.9 Å². The lowest BCUT2D eigenvalue weighted by Crippen LogP contribution is -2.46. The van der Waals surface area contributed by atoms with Crippen molar-refractivity contribution in [3.63, 3.8) is 0 Å². The summed E-state index contributed by atoms with van der Waals surface area (Å²) in [7, 11) is -3.57. The number of hydrogen-bond acceptors (Lipinski definition) is 4. The molecule has 144 valence electrons. The van der Waals surface area contributed by atoms with Gasteiger partial charge in [-0.2, -0.15) is 4.31 Å². The van der Waals surface area contributed by atoms with Crippen LogP contribution in [0, 0.1) is 0 Å². The summed E-state index contributed by atoms with van der Waals surface area (Å²) in [5, 5.41) is 5.60. The second-order valence-electron chi connectivity index (χ2n) is 6.55. The molecule has 0 spiro atoms. The summed E-state index contributed by atoms with van der Waals surface area (Å²) in [6.07, 6.45) is 3.59. The van der Waals surface area contributed by atoms with E-state index in [1.165, 1.54) is 23.4 Å². The average molecular weight is 381 g/mol. The van der Waals surface area contributed by atoms with Crippen LogP contribution in [-0.2, 0) is 19.6 Å². The molecule has 1 heterocycles. The first-order valence-corrected chi connectivity index (χ1v) is 10.4. The van der Waals surface area contributed by atoms with Gasteiger partial charge < -0.3 is 10.6 Å². The zero-order valence-electron chi connectivity index (χ0n) is 15.3. The second kappa shape index (κ2) is 9.14. The summed E-state index contributed by atoms with van der Waals surface area (Å²) in [4.78, 5) is 23.1. The first-order chi connectivity index (χ1) is 12.3. The van der Waals surface area contributed by atoms with Gasteiger partial charge in [0.1, 0.15) is 0 Å². The number of hydrogen-bond donors (Lipinski definition) is 2. The van der Waals surface area contributed by atoms with Gasteiger partial charge in [0.15, 0.2) is 0 Å². The van der Waals surface area contributed by atoms with E-state index in [1.807, 2.05) is 6.92 Å². The van der Waals surface area contributed by atoms with E-state index in [-0.39, 0.29) is 22.8 Å². The van der Waals surface area contributed by atoms with Gasteiger partial charge >= 0.3 is 0 Å². The molecular weight excluding hydrogens is 354 g/mol. The topological polar surface area (TPSA) is 95.6 Å². The molecule has 2 amide bonds. The highest BCUT2D eigenvalue weighted by Gasteiger charge is 2.29. The molecule has 0 aliphatic carbocycles. The Kier molecular flexibility index (Phi) is 7.16. The van der Waals surface area contributed by atoms with Crippen molar-refractivity contribution in [3.8, 4) is 0 Å². The van der Waals surface area contributed by atoms with Gasteiger partial charge in [-0.1, -0.05) is 13.3 Å². The molecule has 8 heteroatoms. The molecule has 0 radical (unpaired) electrons. The predicted molar refractivity (Wildman–Crippen MR) is 100 cm³/mol. The molecule has 0 aromatic heterocycles. The van der Waals surface area contributed by atoms with Crippen molar-refractivity contribution in [1.29, 1.82) is 0 Å². The Labute approximate surface area is 155 Å². The first-order valence-electron chi connectivity index (χ1n) is 9.00.